The van der Waals surface area contributed by atoms with E-state index < -0.39 is 0 Å². The van der Waals surface area contributed by atoms with E-state index in [1.165, 1.54) is 12.8 Å². The third-order valence-corrected chi connectivity index (χ3v) is 3.99. The fourth-order valence-corrected chi connectivity index (χ4v) is 3.24. The second-order valence-corrected chi connectivity index (χ2v) is 4.21. The molecule has 3 nitrogen and oxygen atoms in total. The molecular formula is C9H10N2O. The van der Waals surface area contributed by atoms with Crippen LogP contribution < -0.4 is 0 Å². The molecule has 62 valence electrons. The molecule has 0 bridgehead atoms. The lowest BCUT2D eigenvalue weighted by Gasteiger charge is -2.55. The van der Waals surface area contributed by atoms with Gasteiger partial charge in [-0.1, -0.05) is 0 Å². The van der Waals surface area contributed by atoms with Gasteiger partial charge in [0.15, 0.2) is 0 Å². The van der Waals surface area contributed by atoms with Gasteiger partial charge in [0, 0.05) is 5.92 Å². The first kappa shape index (κ1) is 6.55. The van der Waals surface area contributed by atoms with Crippen molar-refractivity contribution in [3.63, 3.8) is 0 Å². The fourth-order valence-electron chi connectivity index (χ4n) is 3.24. The Balaban J connectivity index is 1.97. The van der Waals surface area contributed by atoms with Crippen LogP contribution >= 0.6 is 0 Å². The Kier molecular flexibility index (Phi) is 1.01. The van der Waals surface area contributed by atoms with E-state index in [1.54, 1.807) is 0 Å². The molecule has 0 N–H and O–H groups in total. The molecule has 0 aliphatic heterocycles. The van der Waals surface area contributed by atoms with Gasteiger partial charge in [-0.3, -0.25) is 4.79 Å². The minimum absolute atomic E-state index is 0.128. The maximum Gasteiger partial charge on any atom is 0.335 e. The van der Waals surface area contributed by atoms with Crippen molar-refractivity contribution in [3.05, 3.63) is 5.53 Å². The first-order chi connectivity index (χ1) is 5.83. The monoisotopic (exact) mass is 162 g/mol. The number of rotatable bonds is 0. The van der Waals surface area contributed by atoms with Crippen molar-refractivity contribution in [3.8, 4) is 0 Å². The van der Waals surface area contributed by atoms with Crippen molar-refractivity contribution in [2.45, 2.75) is 19.3 Å². The smallest absolute Gasteiger partial charge is 0.335 e. The van der Waals surface area contributed by atoms with Gasteiger partial charge in [0.2, 0.25) is 5.78 Å². The number of fused-ring (bicyclic) bond motifs is 4. The van der Waals surface area contributed by atoms with E-state index in [9.17, 15) is 4.79 Å². The highest BCUT2D eigenvalue weighted by molar-refractivity contribution is 6.40. The van der Waals surface area contributed by atoms with Gasteiger partial charge in [-0.25, -0.2) is 0 Å². The summed E-state index contributed by atoms with van der Waals surface area (Å²) in [4.78, 5) is 14.6. The molecule has 4 atom stereocenters. The van der Waals surface area contributed by atoms with E-state index >= 15 is 0 Å². The minimum atomic E-state index is 0.128. The normalized spacial score (nSPS) is 48.7. The van der Waals surface area contributed by atoms with Crippen LogP contribution in [0.5, 0.6) is 0 Å². The average Bonchev–Trinajstić information content (AvgIpc) is 2.28. The summed E-state index contributed by atoms with van der Waals surface area (Å²) in [5, 5.41) is 0. The summed E-state index contributed by atoms with van der Waals surface area (Å²) in [5.74, 6) is 2.36. The van der Waals surface area contributed by atoms with E-state index in [4.69, 9.17) is 5.53 Å². The molecule has 3 heteroatoms. The third kappa shape index (κ3) is 0.506. The molecule has 0 saturated heterocycles. The van der Waals surface area contributed by atoms with Crippen molar-refractivity contribution >= 4 is 11.5 Å². The molecule has 3 saturated carbocycles. The SMILES string of the molecule is [N-]=[N+]=C1C[C@@H]2[C@H]3CC[C@H]3[C@@H]2C1=O. The van der Waals surface area contributed by atoms with Crippen LogP contribution in [0.2, 0.25) is 0 Å². The molecule has 0 spiro atoms. The van der Waals surface area contributed by atoms with Gasteiger partial charge >= 0.3 is 5.71 Å². The van der Waals surface area contributed by atoms with Gasteiger partial charge in [0.05, 0.1) is 6.42 Å². The summed E-state index contributed by atoms with van der Waals surface area (Å²) in [7, 11) is 0. The Bertz CT molecular complexity index is 316. The lowest BCUT2D eigenvalue weighted by Crippen LogP contribution is -2.52. The summed E-state index contributed by atoms with van der Waals surface area (Å²) in [6.07, 6.45) is 3.25. The van der Waals surface area contributed by atoms with Gasteiger partial charge in [-0.05, 0) is 30.6 Å². The van der Waals surface area contributed by atoms with Crippen molar-refractivity contribution in [2.24, 2.45) is 23.7 Å². The number of carbonyl (C=O) groups is 1. The average molecular weight is 162 g/mol. The number of ketones is 1. The molecule has 0 aromatic heterocycles. The van der Waals surface area contributed by atoms with Gasteiger partial charge in [-0.2, -0.15) is 4.79 Å². The first-order valence-electron chi connectivity index (χ1n) is 4.58. The standard InChI is InChI=1S/C9H10N2O/c10-11-7-3-6-4-1-2-5(4)8(6)9(7)12/h4-6,8H,1-3H2/t4-,5+,6+,8-/m0/s1. The molecule has 0 heterocycles. The molecule has 3 aliphatic carbocycles. The van der Waals surface area contributed by atoms with E-state index in [0.29, 0.717) is 17.5 Å². The van der Waals surface area contributed by atoms with E-state index in [1.807, 2.05) is 0 Å². The summed E-state index contributed by atoms with van der Waals surface area (Å²) in [6, 6.07) is 0. The van der Waals surface area contributed by atoms with Crippen molar-refractivity contribution in [1.29, 1.82) is 0 Å². The van der Waals surface area contributed by atoms with Crippen LogP contribution in [0.15, 0.2) is 0 Å². The largest absolute Gasteiger partial charge is 0.361 e. The zero-order valence-corrected chi connectivity index (χ0v) is 6.73. The second kappa shape index (κ2) is 1.86. The third-order valence-electron chi connectivity index (χ3n) is 3.99. The van der Waals surface area contributed by atoms with Gasteiger partial charge in [0.1, 0.15) is 0 Å². The van der Waals surface area contributed by atoms with Gasteiger partial charge < -0.3 is 5.53 Å². The Morgan fingerprint density at radius 3 is 2.50 bits per heavy atom. The van der Waals surface area contributed by atoms with Crippen molar-refractivity contribution in [1.82, 2.24) is 0 Å². The maximum atomic E-state index is 11.5. The predicted octanol–water partition coefficient (Wildman–Crippen LogP) is 0.902. The number of Topliss-reactive ketones (excluding diaryl/α,β-unsaturated/α-hetero) is 1. The fraction of sp³-hybridized carbons (Fsp3) is 0.778. The Labute approximate surface area is 70.4 Å². The summed E-state index contributed by atoms with van der Waals surface area (Å²) < 4.78 is 0. The maximum absolute atomic E-state index is 11.5. The topological polar surface area (TPSA) is 53.5 Å². The highest BCUT2D eigenvalue weighted by Crippen LogP contribution is 2.62. The lowest BCUT2D eigenvalue weighted by molar-refractivity contribution is -0.139. The Morgan fingerprint density at radius 2 is 2.00 bits per heavy atom. The molecule has 0 aromatic rings. The molecule has 3 aliphatic rings. The number of hydrogen-bond acceptors (Lipinski definition) is 1. The summed E-state index contributed by atoms with van der Waals surface area (Å²) >= 11 is 0. The molecule has 3 rings (SSSR count). The van der Waals surface area contributed by atoms with Crippen molar-refractivity contribution in [2.75, 3.05) is 0 Å². The Morgan fingerprint density at radius 1 is 1.25 bits per heavy atom. The van der Waals surface area contributed by atoms with Crippen LogP contribution in [0.1, 0.15) is 19.3 Å². The van der Waals surface area contributed by atoms with E-state index in [2.05, 4.69) is 4.79 Å². The first-order valence-corrected chi connectivity index (χ1v) is 4.58. The predicted molar refractivity (Wildman–Crippen MR) is 41.4 cm³/mol. The highest BCUT2D eigenvalue weighted by Gasteiger charge is 2.64. The quantitative estimate of drug-likeness (QED) is 0.385. The van der Waals surface area contributed by atoms with Crippen LogP contribution in [0.4, 0.5) is 0 Å². The molecule has 3 fully saturated rings. The van der Waals surface area contributed by atoms with Crippen LogP contribution in [0, 0.1) is 23.7 Å². The molecule has 0 amide bonds. The summed E-state index contributed by atoms with van der Waals surface area (Å²) in [6.45, 7) is 0. The zero-order chi connectivity index (χ0) is 8.29. The van der Waals surface area contributed by atoms with Crippen LogP contribution in [-0.4, -0.2) is 16.3 Å². The van der Waals surface area contributed by atoms with Crippen molar-refractivity contribution < 1.29 is 9.58 Å². The molecule has 0 unspecified atom stereocenters. The lowest BCUT2D eigenvalue weighted by atomic mass is 9.48. The van der Waals surface area contributed by atoms with E-state index in [0.717, 1.165) is 12.3 Å². The zero-order valence-electron chi connectivity index (χ0n) is 6.73. The number of carbonyl (C=O) groups excluding carboxylic acids is 1. The number of nitrogens with zero attached hydrogens (tertiary/aromatic N) is 2. The van der Waals surface area contributed by atoms with Crippen LogP contribution in [0.25, 0.3) is 5.53 Å². The van der Waals surface area contributed by atoms with Gasteiger partial charge in [0.25, 0.3) is 0 Å². The van der Waals surface area contributed by atoms with E-state index in [-0.39, 0.29) is 11.7 Å². The summed E-state index contributed by atoms with van der Waals surface area (Å²) in [5.41, 5.74) is 8.99. The van der Waals surface area contributed by atoms with Crippen LogP contribution in [0.3, 0.4) is 0 Å². The minimum Gasteiger partial charge on any atom is -0.361 e. The molecular weight excluding hydrogens is 152 g/mol. The number of hydrogen-bond donors (Lipinski definition) is 0. The Hall–Kier alpha value is -0.950. The highest BCUT2D eigenvalue weighted by atomic mass is 16.1. The second-order valence-electron chi connectivity index (χ2n) is 4.21. The van der Waals surface area contributed by atoms with Gasteiger partial charge in [-0.15, -0.1) is 0 Å². The van der Waals surface area contributed by atoms with Crippen LogP contribution in [-0.2, 0) is 4.79 Å². The molecule has 12 heavy (non-hydrogen) atoms. The molecule has 0 radical (unpaired) electrons. The molecule has 0 aromatic carbocycles.